The Bertz CT molecular complexity index is 248. The summed E-state index contributed by atoms with van der Waals surface area (Å²) in [6.45, 7) is 1.83. The lowest BCUT2D eigenvalue weighted by Gasteiger charge is -1.86. The number of hydrogen-bond donors (Lipinski definition) is 0. The maximum Gasteiger partial charge on any atom is 0.153 e. The molecule has 0 radical (unpaired) electrons. The monoisotopic (exact) mass is 268 g/mol. The molecule has 0 aliphatic rings. The summed E-state index contributed by atoms with van der Waals surface area (Å²) in [6.07, 6.45) is 3.15. The summed E-state index contributed by atoms with van der Waals surface area (Å²) in [4.78, 5) is 10.3. The zero-order chi connectivity index (χ0) is 7.56. The molecule has 1 aromatic rings. The SMILES string of the molecule is Cc1nn(PI)cc1C=O. The maximum atomic E-state index is 10.3. The molecule has 0 bridgehead atoms. The smallest absolute Gasteiger partial charge is 0.153 e. The van der Waals surface area contributed by atoms with E-state index in [2.05, 4.69) is 27.1 Å². The van der Waals surface area contributed by atoms with Gasteiger partial charge in [-0.1, -0.05) is 0 Å². The van der Waals surface area contributed by atoms with Gasteiger partial charge in [0.2, 0.25) is 0 Å². The molecular formula is C5H6IN2OP. The predicted molar refractivity (Wildman–Crippen MR) is 50.1 cm³/mol. The van der Waals surface area contributed by atoms with E-state index in [1.165, 1.54) is 0 Å². The second-order valence-electron chi connectivity index (χ2n) is 1.82. The van der Waals surface area contributed by atoms with Gasteiger partial charge in [-0.3, -0.25) is 4.79 Å². The number of halogens is 1. The first-order valence-corrected chi connectivity index (χ1v) is 6.72. The van der Waals surface area contributed by atoms with E-state index >= 15 is 0 Å². The van der Waals surface area contributed by atoms with Crippen molar-refractivity contribution in [1.82, 2.24) is 9.55 Å². The van der Waals surface area contributed by atoms with Gasteiger partial charge >= 0.3 is 0 Å². The average Bonchev–Trinajstić information content (AvgIpc) is 2.30. The molecule has 1 heterocycles. The molecule has 0 saturated carbocycles. The van der Waals surface area contributed by atoms with Gasteiger partial charge in [-0.05, 0) is 29.0 Å². The van der Waals surface area contributed by atoms with Crippen molar-refractivity contribution in [1.29, 1.82) is 0 Å². The molecule has 1 unspecified atom stereocenters. The van der Waals surface area contributed by atoms with Crippen LogP contribution in [0.4, 0.5) is 0 Å². The summed E-state index contributed by atoms with van der Waals surface area (Å²) < 4.78 is 1.76. The first-order valence-electron chi connectivity index (χ1n) is 2.66. The number of carbonyl (C=O) groups excluding carboxylic acids is 1. The van der Waals surface area contributed by atoms with Crippen LogP contribution >= 0.6 is 28.4 Å². The van der Waals surface area contributed by atoms with Crippen LogP contribution in [0.25, 0.3) is 0 Å². The Morgan fingerprint density at radius 2 is 2.60 bits per heavy atom. The first-order chi connectivity index (χ1) is 4.77. The van der Waals surface area contributed by atoms with E-state index in [1.54, 1.807) is 10.6 Å². The van der Waals surface area contributed by atoms with Gasteiger partial charge in [0.25, 0.3) is 0 Å². The minimum Gasteiger partial charge on any atom is -0.298 e. The van der Waals surface area contributed by atoms with Crippen molar-refractivity contribution in [3.8, 4) is 0 Å². The highest BCUT2D eigenvalue weighted by atomic mass is 127. The van der Waals surface area contributed by atoms with Crippen LogP contribution in [0.1, 0.15) is 16.1 Å². The molecular weight excluding hydrogens is 262 g/mol. The number of hydrogen-bond acceptors (Lipinski definition) is 2. The number of rotatable bonds is 2. The van der Waals surface area contributed by atoms with Crippen molar-refractivity contribution in [3.63, 3.8) is 0 Å². The lowest BCUT2D eigenvalue weighted by atomic mass is 10.3. The Labute approximate surface area is 73.5 Å². The number of aldehydes is 1. The highest BCUT2D eigenvalue weighted by molar-refractivity contribution is 14.2. The third-order valence-electron chi connectivity index (χ3n) is 1.15. The van der Waals surface area contributed by atoms with Crippen LogP contribution in [0, 0.1) is 6.92 Å². The van der Waals surface area contributed by atoms with Crippen LogP contribution in [0.3, 0.4) is 0 Å². The Morgan fingerprint density at radius 1 is 1.90 bits per heavy atom. The zero-order valence-corrected chi connectivity index (χ0v) is 8.49. The molecule has 10 heavy (non-hydrogen) atoms. The van der Waals surface area contributed by atoms with Crippen LogP contribution in [0.5, 0.6) is 0 Å². The van der Waals surface area contributed by atoms with Gasteiger partial charge < -0.3 is 0 Å². The molecule has 1 rings (SSSR count). The van der Waals surface area contributed by atoms with E-state index in [0.717, 1.165) is 12.0 Å². The molecule has 0 fully saturated rings. The maximum absolute atomic E-state index is 10.3. The summed E-state index contributed by atoms with van der Waals surface area (Å²) in [5.74, 6) is 0. The fourth-order valence-electron chi connectivity index (χ4n) is 0.632. The van der Waals surface area contributed by atoms with Crippen molar-refractivity contribution in [3.05, 3.63) is 17.5 Å². The zero-order valence-electron chi connectivity index (χ0n) is 5.34. The Kier molecular flexibility index (Phi) is 2.80. The molecule has 0 saturated heterocycles. The molecule has 0 aliphatic heterocycles. The first kappa shape index (κ1) is 8.14. The van der Waals surface area contributed by atoms with E-state index in [9.17, 15) is 4.79 Å². The van der Waals surface area contributed by atoms with E-state index in [-0.39, 0.29) is 0 Å². The minimum atomic E-state index is 0.567. The summed E-state index contributed by atoms with van der Waals surface area (Å²) in [5, 5.41) is 4.09. The number of carbonyl (C=O) groups is 1. The van der Waals surface area contributed by atoms with Gasteiger partial charge in [-0.15, -0.1) is 0 Å². The Hall–Kier alpha value is 0.0400. The molecule has 54 valence electrons. The van der Waals surface area contributed by atoms with Crippen LogP contribution in [-0.2, 0) is 0 Å². The third kappa shape index (κ3) is 1.55. The van der Waals surface area contributed by atoms with Gasteiger partial charge in [0.15, 0.2) is 6.29 Å². The molecule has 0 aromatic carbocycles. The molecule has 0 spiro atoms. The third-order valence-corrected chi connectivity index (χ3v) is 3.04. The van der Waals surface area contributed by atoms with Gasteiger partial charge in [0.1, 0.15) is 0 Å². The lowest BCUT2D eigenvalue weighted by Crippen LogP contribution is -1.80. The summed E-state index contributed by atoms with van der Waals surface area (Å²) >= 11 is 2.21. The fraction of sp³-hybridized carbons (Fsp3) is 0.200. The van der Waals surface area contributed by atoms with Gasteiger partial charge in [0, 0.05) is 6.20 Å². The second kappa shape index (κ2) is 3.44. The number of nitrogens with zero attached hydrogens (tertiary/aromatic N) is 2. The van der Waals surface area contributed by atoms with E-state index in [0.29, 0.717) is 11.9 Å². The Balaban J connectivity index is 3.03. The molecule has 3 nitrogen and oxygen atoms in total. The fourth-order valence-corrected chi connectivity index (χ4v) is 1.75. The average molecular weight is 268 g/mol. The largest absolute Gasteiger partial charge is 0.298 e. The number of aromatic nitrogens is 2. The van der Waals surface area contributed by atoms with Crippen molar-refractivity contribution < 1.29 is 4.79 Å². The van der Waals surface area contributed by atoms with Crippen LogP contribution in [0.2, 0.25) is 0 Å². The molecule has 0 aliphatic carbocycles. The van der Waals surface area contributed by atoms with Crippen molar-refractivity contribution in [2.75, 3.05) is 0 Å². The quantitative estimate of drug-likeness (QED) is 0.465. The van der Waals surface area contributed by atoms with Crippen LogP contribution in [0.15, 0.2) is 6.20 Å². The molecule has 1 aromatic heterocycles. The van der Waals surface area contributed by atoms with Crippen molar-refractivity contribution in [2.45, 2.75) is 6.92 Å². The minimum absolute atomic E-state index is 0.567. The normalized spacial score (nSPS) is 11.0. The van der Waals surface area contributed by atoms with Crippen molar-refractivity contribution in [2.24, 2.45) is 0 Å². The highest BCUT2D eigenvalue weighted by Crippen LogP contribution is 2.23. The van der Waals surface area contributed by atoms with Crippen LogP contribution < -0.4 is 0 Å². The van der Waals surface area contributed by atoms with Crippen LogP contribution in [-0.4, -0.2) is 15.8 Å². The summed E-state index contributed by atoms with van der Waals surface area (Å²) in [6, 6.07) is 0. The summed E-state index contributed by atoms with van der Waals surface area (Å²) in [5.41, 5.74) is 1.49. The second-order valence-corrected chi connectivity index (χ2v) is 3.89. The van der Waals surface area contributed by atoms with Gasteiger partial charge in [-0.2, -0.15) is 5.10 Å². The van der Waals surface area contributed by atoms with E-state index in [1.807, 2.05) is 6.92 Å². The van der Waals surface area contributed by atoms with Gasteiger partial charge in [-0.25, -0.2) is 4.45 Å². The predicted octanol–water partition coefficient (Wildman–Crippen LogP) is 1.80. The topological polar surface area (TPSA) is 34.9 Å². The number of aryl methyl sites for hydroxylation is 1. The van der Waals surface area contributed by atoms with Gasteiger partial charge in [0.05, 0.1) is 17.6 Å². The Morgan fingerprint density at radius 3 is 2.90 bits per heavy atom. The van der Waals surface area contributed by atoms with E-state index < -0.39 is 0 Å². The van der Waals surface area contributed by atoms with Crippen molar-refractivity contribution >= 4 is 34.7 Å². The molecule has 1 atom stereocenters. The summed E-state index contributed by atoms with van der Waals surface area (Å²) in [7, 11) is 0. The molecule has 0 amide bonds. The highest BCUT2D eigenvalue weighted by Gasteiger charge is 2.00. The standard InChI is InChI=1S/C5H6IN2OP/c1-4-5(3-9)2-8(7-4)10-6/h2-3,10H,1H3. The van der Waals surface area contributed by atoms with E-state index in [4.69, 9.17) is 0 Å². The molecule has 5 heteroatoms. The lowest BCUT2D eigenvalue weighted by molar-refractivity contribution is 0.112. The molecule has 0 N–H and O–H groups in total.